The Balaban J connectivity index is 2.03. The van der Waals surface area contributed by atoms with Crippen LogP contribution in [0.25, 0.3) is 0 Å². The number of benzene rings is 2. The molecule has 4 N–H and O–H groups in total. The quantitative estimate of drug-likeness (QED) is 0.719. The normalized spacial score (nSPS) is 25.5. The second-order valence-electron chi connectivity index (χ2n) is 7.19. The van der Waals surface area contributed by atoms with Gasteiger partial charge in [0, 0.05) is 23.7 Å². The van der Waals surface area contributed by atoms with Crippen LogP contribution in [0, 0.1) is 0 Å². The Bertz CT molecular complexity index is 968. The van der Waals surface area contributed by atoms with E-state index in [0.29, 0.717) is 11.3 Å². The maximum atomic E-state index is 13.4. The average molecular weight is 352 g/mol. The van der Waals surface area contributed by atoms with Gasteiger partial charge in [0.2, 0.25) is 17.2 Å². The molecule has 0 fully saturated rings. The van der Waals surface area contributed by atoms with Gasteiger partial charge >= 0.3 is 0 Å². The number of Topliss-reactive ketones (excluding diaryl/α,β-unsaturated/α-hetero) is 1. The van der Waals surface area contributed by atoms with E-state index in [1.807, 2.05) is 19.9 Å². The highest BCUT2D eigenvalue weighted by Gasteiger charge is 2.71. The Kier molecular flexibility index (Phi) is 3.24. The number of ether oxygens (including phenoxy) is 1. The number of aliphatic hydroxyl groups is 1. The monoisotopic (exact) mass is 352 g/mol. The molecule has 0 saturated carbocycles. The highest BCUT2D eigenvalue weighted by atomic mass is 16.6. The zero-order chi connectivity index (χ0) is 18.9. The van der Waals surface area contributed by atoms with Crippen molar-refractivity contribution in [3.05, 3.63) is 58.7 Å². The van der Waals surface area contributed by atoms with E-state index < -0.39 is 23.0 Å². The van der Waals surface area contributed by atoms with Crippen molar-refractivity contribution in [3.63, 3.8) is 0 Å². The molecular weight excluding hydrogens is 332 g/mol. The van der Waals surface area contributed by atoms with Crippen LogP contribution in [0.4, 0.5) is 5.69 Å². The van der Waals surface area contributed by atoms with Gasteiger partial charge in [-0.05, 0) is 23.6 Å². The molecule has 2 atom stereocenters. The summed E-state index contributed by atoms with van der Waals surface area (Å²) in [5.41, 5.74) is 6.37. The van der Waals surface area contributed by atoms with Gasteiger partial charge in [-0.2, -0.15) is 0 Å². The molecule has 0 spiro atoms. The Labute approximate surface area is 151 Å². The summed E-state index contributed by atoms with van der Waals surface area (Å²) in [7, 11) is 0. The molecule has 2 aromatic carbocycles. The summed E-state index contributed by atoms with van der Waals surface area (Å²) in [4.78, 5) is 25.4. The van der Waals surface area contributed by atoms with Crippen LogP contribution in [0.3, 0.4) is 0 Å². The molecule has 0 saturated heterocycles. The average Bonchev–Trinajstić information content (AvgIpc) is 2.92. The third kappa shape index (κ3) is 1.79. The molecule has 2 aromatic rings. The van der Waals surface area contributed by atoms with Gasteiger partial charge in [-0.25, -0.2) is 0 Å². The number of nitrogen functional groups attached to an aromatic ring is 1. The number of fused-ring (bicyclic) bond motifs is 5. The highest BCUT2D eigenvalue weighted by molar-refractivity contribution is 6.15. The zero-order valence-corrected chi connectivity index (χ0v) is 14.8. The van der Waals surface area contributed by atoms with Crippen molar-refractivity contribution in [1.29, 1.82) is 0 Å². The van der Waals surface area contributed by atoms with Crippen LogP contribution >= 0.6 is 0 Å². The number of rotatable bonds is 2. The van der Waals surface area contributed by atoms with Crippen LogP contribution in [-0.4, -0.2) is 16.8 Å². The lowest BCUT2D eigenvalue weighted by Crippen LogP contribution is -2.59. The van der Waals surface area contributed by atoms with Crippen molar-refractivity contribution in [3.8, 4) is 5.75 Å². The Morgan fingerprint density at radius 1 is 1.23 bits per heavy atom. The lowest BCUT2D eigenvalue weighted by Gasteiger charge is -2.34. The summed E-state index contributed by atoms with van der Waals surface area (Å²) < 4.78 is 5.93. The smallest absolute Gasteiger partial charge is 0.271 e. The number of carbonyl (C=O) groups excluding carboxylic acids is 2. The molecular formula is C20H20N2O4. The summed E-state index contributed by atoms with van der Waals surface area (Å²) >= 11 is 0. The maximum absolute atomic E-state index is 13.4. The molecule has 2 aliphatic rings. The van der Waals surface area contributed by atoms with Gasteiger partial charge in [-0.1, -0.05) is 38.1 Å². The largest absolute Gasteiger partial charge is 0.454 e. The molecule has 134 valence electrons. The van der Waals surface area contributed by atoms with Crippen LogP contribution in [-0.2, 0) is 16.1 Å². The number of hydrogen-bond acceptors (Lipinski definition) is 5. The molecule has 0 aromatic heterocycles. The molecule has 0 radical (unpaired) electrons. The predicted molar refractivity (Wildman–Crippen MR) is 95.7 cm³/mol. The lowest BCUT2D eigenvalue weighted by molar-refractivity contribution is -0.175. The van der Waals surface area contributed by atoms with Crippen molar-refractivity contribution in [2.24, 2.45) is 0 Å². The third-order valence-corrected chi connectivity index (χ3v) is 5.24. The number of anilines is 1. The first-order chi connectivity index (χ1) is 12.2. The molecule has 2 unspecified atom stereocenters. The van der Waals surface area contributed by atoms with E-state index in [1.165, 1.54) is 6.92 Å². The SMILES string of the molecule is CC(=O)NC12C(=O)c3c(N)cccc3C1(O)Oc1cc(C(C)C)ccc12. The highest BCUT2D eigenvalue weighted by Crippen LogP contribution is 2.59. The van der Waals surface area contributed by atoms with E-state index in [4.69, 9.17) is 10.5 Å². The summed E-state index contributed by atoms with van der Waals surface area (Å²) in [6, 6.07) is 10.3. The van der Waals surface area contributed by atoms with E-state index >= 15 is 0 Å². The van der Waals surface area contributed by atoms with Crippen LogP contribution in [0.15, 0.2) is 36.4 Å². The minimum atomic E-state index is -2.04. The molecule has 1 amide bonds. The van der Waals surface area contributed by atoms with Gasteiger partial charge in [0.15, 0.2) is 0 Å². The maximum Gasteiger partial charge on any atom is 0.271 e. The minimum absolute atomic E-state index is 0.183. The fourth-order valence-corrected chi connectivity index (χ4v) is 4.01. The van der Waals surface area contributed by atoms with E-state index in [1.54, 1.807) is 30.3 Å². The number of ketones is 1. The van der Waals surface area contributed by atoms with E-state index in [2.05, 4.69) is 5.32 Å². The van der Waals surface area contributed by atoms with E-state index in [-0.39, 0.29) is 22.7 Å². The summed E-state index contributed by atoms with van der Waals surface area (Å²) in [5, 5.41) is 14.2. The summed E-state index contributed by atoms with van der Waals surface area (Å²) in [6.07, 6.45) is 0. The topological polar surface area (TPSA) is 102 Å². The fraction of sp³-hybridized carbons (Fsp3) is 0.300. The first-order valence-electron chi connectivity index (χ1n) is 8.50. The number of hydrogen-bond donors (Lipinski definition) is 3. The van der Waals surface area contributed by atoms with Crippen LogP contribution in [0.1, 0.15) is 53.7 Å². The Hall–Kier alpha value is -2.86. The molecule has 1 aliphatic carbocycles. The summed E-state index contributed by atoms with van der Waals surface area (Å²) in [6.45, 7) is 5.38. The van der Waals surface area contributed by atoms with Gasteiger partial charge in [0.05, 0.1) is 5.56 Å². The van der Waals surface area contributed by atoms with Gasteiger partial charge in [0.25, 0.3) is 5.79 Å². The Morgan fingerprint density at radius 2 is 1.96 bits per heavy atom. The minimum Gasteiger partial charge on any atom is -0.454 e. The van der Waals surface area contributed by atoms with Crippen molar-refractivity contribution >= 4 is 17.4 Å². The molecule has 26 heavy (non-hydrogen) atoms. The number of nitrogens with two attached hydrogens (primary N) is 1. The zero-order valence-electron chi connectivity index (χ0n) is 14.8. The first kappa shape index (κ1) is 16.6. The molecule has 1 heterocycles. The van der Waals surface area contributed by atoms with Crippen LogP contribution in [0.5, 0.6) is 5.75 Å². The second-order valence-corrected chi connectivity index (χ2v) is 7.19. The van der Waals surface area contributed by atoms with Crippen LogP contribution < -0.4 is 15.8 Å². The molecule has 6 nitrogen and oxygen atoms in total. The molecule has 0 bridgehead atoms. The standard InChI is InChI=1S/C20H20N2O4/c1-10(2)12-7-8-13-16(9-12)26-20(25)14-5-4-6-15(21)17(14)18(24)19(13,20)22-11(3)23/h4-10,25H,21H2,1-3H3,(H,22,23). The summed E-state index contributed by atoms with van der Waals surface area (Å²) in [5.74, 6) is -2.34. The van der Waals surface area contributed by atoms with Crippen molar-refractivity contribution in [1.82, 2.24) is 5.32 Å². The van der Waals surface area contributed by atoms with Crippen molar-refractivity contribution in [2.75, 3.05) is 5.73 Å². The third-order valence-electron chi connectivity index (χ3n) is 5.24. The van der Waals surface area contributed by atoms with Crippen molar-refractivity contribution < 1.29 is 19.4 Å². The molecule has 6 heteroatoms. The predicted octanol–water partition coefficient (Wildman–Crippen LogP) is 2.16. The van der Waals surface area contributed by atoms with Crippen molar-refractivity contribution in [2.45, 2.75) is 38.0 Å². The van der Waals surface area contributed by atoms with Gasteiger partial charge in [-0.3, -0.25) is 9.59 Å². The van der Waals surface area contributed by atoms with E-state index in [0.717, 1.165) is 5.56 Å². The van der Waals surface area contributed by atoms with Gasteiger partial charge in [0.1, 0.15) is 5.75 Å². The van der Waals surface area contributed by atoms with E-state index in [9.17, 15) is 14.7 Å². The number of amides is 1. The fourth-order valence-electron chi connectivity index (χ4n) is 4.01. The van der Waals surface area contributed by atoms with Gasteiger partial charge < -0.3 is 20.9 Å². The number of carbonyl (C=O) groups is 2. The Morgan fingerprint density at radius 3 is 2.62 bits per heavy atom. The molecule has 1 aliphatic heterocycles. The second kappa shape index (κ2) is 5.08. The lowest BCUT2D eigenvalue weighted by atomic mass is 9.82. The number of nitrogens with one attached hydrogen (secondary N) is 1. The first-order valence-corrected chi connectivity index (χ1v) is 8.50. The van der Waals surface area contributed by atoms with Gasteiger partial charge in [-0.15, -0.1) is 0 Å². The van der Waals surface area contributed by atoms with Crippen LogP contribution in [0.2, 0.25) is 0 Å². The molecule has 4 rings (SSSR count).